The third-order valence-corrected chi connectivity index (χ3v) is 6.70. The molecule has 2 aliphatic rings. The molecular weight excluding hydrogens is 404 g/mol. The fourth-order valence-electron chi connectivity index (χ4n) is 4.90. The Morgan fingerprint density at radius 3 is 2.47 bits per heavy atom. The third kappa shape index (κ3) is 4.03. The summed E-state index contributed by atoms with van der Waals surface area (Å²) in [5.74, 6) is 0.470. The molecule has 32 heavy (non-hydrogen) atoms. The molecule has 0 radical (unpaired) electrons. The van der Waals surface area contributed by atoms with E-state index in [1.807, 2.05) is 42.4 Å². The van der Waals surface area contributed by atoms with Crippen LogP contribution in [0.4, 0.5) is 0 Å². The molecule has 4 rings (SSSR count). The van der Waals surface area contributed by atoms with Crippen molar-refractivity contribution >= 4 is 22.6 Å². The number of carbonyl (C=O) groups excluding carboxylic acids is 1. The van der Waals surface area contributed by atoms with Crippen molar-refractivity contribution in [1.82, 2.24) is 19.0 Å². The number of aromatic nitrogens is 3. The molecule has 1 fully saturated rings. The molecule has 0 spiro atoms. The maximum absolute atomic E-state index is 12.8. The number of hydrogen-bond acceptors (Lipinski definition) is 4. The van der Waals surface area contributed by atoms with Crippen LogP contribution in [-0.4, -0.2) is 49.2 Å². The van der Waals surface area contributed by atoms with Crippen molar-refractivity contribution in [3.8, 4) is 0 Å². The van der Waals surface area contributed by atoms with Crippen LogP contribution < -0.4 is 5.69 Å². The highest BCUT2D eigenvalue weighted by Gasteiger charge is 2.42. The van der Waals surface area contributed by atoms with Gasteiger partial charge in [-0.1, -0.05) is 47.6 Å². The van der Waals surface area contributed by atoms with E-state index in [9.17, 15) is 14.7 Å². The molecule has 3 unspecified atom stereocenters. The van der Waals surface area contributed by atoms with Gasteiger partial charge in [-0.25, -0.2) is 9.78 Å². The molecule has 2 aromatic heterocycles. The third-order valence-electron chi connectivity index (χ3n) is 6.70. The molecule has 1 aliphatic heterocycles. The van der Waals surface area contributed by atoms with Gasteiger partial charge in [-0.3, -0.25) is 13.9 Å². The van der Waals surface area contributed by atoms with Crippen molar-refractivity contribution in [2.75, 3.05) is 13.1 Å². The Hall–Kier alpha value is -2.41. The molecule has 174 valence electrons. The summed E-state index contributed by atoms with van der Waals surface area (Å²) in [6.07, 6.45) is 2.11. The Morgan fingerprint density at radius 1 is 1.19 bits per heavy atom. The van der Waals surface area contributed by atoms with E-state index in [0.29, 0.717) is 31.2 Å². The average molecular weight is 441 g/mol. The van der Waals surface area contributed by atoms with Crippen LogP contribution in [0.2, 0.25) is 0 Å². The maximum atomic E-state index is 12.8. The zero-order valence-electron chi connectivity index (χ0n) is 20.3. The van der Waals surface area contributed by atoms with Gasteiger partial charge in [0.15, 0.2) is 5.65 Å². The summed E-state index contributed by atoms with van der Waals surface area (Å²) >= 11 is 0. The topological polar surface area (TPSA) is 80.4 Å². The summed E-state index contributed by atoms with van der Waals surface area (Å²) in [6, 6.07) is 4.02. The monoisotopic (exact) mass is 440 g/mol. The molecule has 2 aromatic rings. The molecule has 7 heteroatoms. The smallest absolute Gasteiger partial charge is 0.330 e. The average Bonchev–Trinajstić information content (AvgIpc) is 3.32. The maximum Gasteiger partial charge on any atom is 0.330 e. The number of aliphatic hydroxyl groups is 1. The Morgan fingerprint density at radius 2 is 1.88 bits per heavy atom. The van der Waals surface area contributed by atoms with Crippen LogP contribution in [0, 0.1) is 22.7 Å². The number of hydrogen-bond donors (Lipinski definition) is 1. The summed E-state index contributed by atoms with van der Waals surface area (Å²) in [6.45, 7) is 14.0. The Labute approximate surface area is 189 Å². The highest BCUT2D eigenvalue weighted by molar-refractivity contribution is 5.82. The molecule has 1 aliphatic carbocycles. The minimum Gasteiger partial charge on any atom is -0.383 e. The normalized spacial score (nSPS) is 22.4. The highest BCUT2D eigenvalue weighted by Crippen LogP contribution is 2.41. The van der Waals surface area contributed by atoms with E-state index in [-0.39, 0.29) is 22.9 Å². The van der Waals surface area contributed by atoms with Crippen molar-refractivity contribution in [2.24, 2.45) is 29.7 Å². The van der Waals surface area contributed by atoms with Gasteiger partial charge in [-0.15, -0.1) is 0 Å². The summed E-state index contributed by atoms with van der Waals surface area (Å²) in [4.78, 5) is 32.2. The number of likely N-dealkylation sites (tertiary alicyclic amines) is 1. The zero-order valence-corrected chi connectivity index (χ0v) is 20.3. The SMILES string of the molecule is Cn1c(=O)n(CC(C)(C)C)c2ccc(C3=CC4CN(C(=O)C(O)C(C)(C)C)CC4C3)nc21. The summed E-state index contributed by atoms with van der Waals surface area (Å²) in [7, 11) is 1.78. The van der Waals surface area contributed by atoms with Crippen LogP contribution in [0.25, 0.3) is 16.7 Å². The minimum absolute atomic E-state index is 0.00786. The number of amides is 1. The van der Waals surface area contributed by atoms with E-state index in [1.54, 1.807) is 11.6 Å². The number of allylic oxidation sites excluding steroid dienone is 1. The molecule has 0 aromatic carbocycles. The zero-order chi connectivity index (χ0) is 23.6. The van der Waals surface area contributed by atoms with E-state index in [0.717, 1.165) is 17.6 Å². The number of rotatable bonds is 3. The predicted molar refractivity (Wildman–Crippen MR) is 126 cm³/mol. The van der Waals surface area contributed by atoms with Crippen LogP contribution in [0.15, 0.2) is 23.0 Å². The van der Waals surface area contributed by atoms with E-state index in [1.165, 1.54) is 5.57 Å². The van der Waals surface area contributed by atoms with Crippen LogP contribution in [-0.2, 0) is 18.4 Å². The number of aliphatic hydroxyl groups excluding tert-OH is 1. The standard InChI is InChI=1S/C25H36N4O3/c1-24(2,3)14-29-19-9-8-18(26-21(19)27(7)23(29)32)15-10-16-12-28(13-17(16)11-15)22(31)20(30)25(4,5)6/h8-10,16-17,20,30H,11-14H2,1-7H3. The van der Waals surface area contributed by atoms with Gasteiger partial charge in [0, 0.05) is 26.7 Å². The Kier molecular flexibility index (Phi) is 5.39. The molecule has 0 bridgehead atoms. The first kappa shape index (κ1) is 22.8. The number of pyridine rings is 1. The predicted octanol–water partition coefficient (Wildman–Crippen LogP) is 3.05. The van der Waals surface area contributed by atoms with Crippen molar-refractivity contribution in [3.05, 3.63) is 34.4 Å². The van der Waals surface area contributed by atoms with E-state index in [2.05, 4.69) is 26.8 Å². The molecule has 1 saturated heterocycles. The highest BCUT2D eigenvalue weighted by atomic mass is 16.3. The first-order valence-electron chi connectivity index (χ1n) is 11.5. The fraction of sp³-hybridized carbons (Fsp3) is 0.640. The van der Waals surface area contributed by atoms with Gasteiger partial charge in [0.05, 0.1) is 11.2 Å². The molecule has 1 amide bonds. The second kappa shape index (κ2) is 7.58. The van der Waals surface area contributed by atoms with E-state index < -0.39 is 11.5 Å². The Bertz CT molecular complexity index is 1140. The Balaban J connectivity index is 1.56. The molecular formula is C25H36N4O3. The second-order valence-corrected chi connectivity index (χ2v) is 11.9. The van der Waals surface area contributed by atoms with Crippen LogP contribution in [0.5, 0.6) is 0 Å². The lowest BCUT2D eigenvalue weighted by atomic mass is 9.88. The first-order valence-corrected chi connectivity index (χ1v) is 11.5. The molecule has 3 heterocycles. The van der Waals surface area contributed by atoms with Crippen molar-refractivity contribution in [3.63, 3.8) is 0 Å². The lowest BCUT2D eigenvalue weighted by molar-refractivity contribution is -0.144. The summed E-state index contributed by atoms with van der Waals surface area (Å²) in [5, 5.41) is 10.4. The van der Waals surface area contributed by atoms with Gasteiger partial charge in [0.25, 0.3) is 5.91 Å². The molecule has 7 nitrogen and oxygen atoms in total. The molecule has 1 N–H and O–H groups in total. The summed E-state index contributed by atoms with van der Waals surface area (Å²) < 4.78 is 3.45. The van der Waals surface area contributed by atoms with Crippen molar-refractivity contribution < 1.29 is 9.90 Å². The lowest BCUT2D eigenvalue weighted by Gasteiger charge is -2.29. The number of nitrogens with zero attached hydrogens (tertiary/aromatic N) is 4. The molecule has 0 saturated carbocycles. The number of imidazole rings is 1. The van der Waals surface area contributed by atoms with Crippen LogP contribution >= 0.6 is 0 Å². The second-order valence-electron chi connectivity index (χ2n) is 11.9. The quantitative estimate of drug-likeness (QED) is 0.796. The lowest BCUT2D eigenvalue weighted by Crippen LogP contribution is -2.44. The van der Waals surface area contributed by atoms with Gasteiger partial charge in [0.1, 0.15) is 6.10 Å². The fourth-order valence-corrected chi connectivity index (χ4v) is 4.90. The first-order chi connectivity index (χ1) is 14.8. The summed E-state index contributed by atoms with van der Waals surface area (Å²) in [5.41, 5.74) is 3.15. The van der Waals surface area contributed by atoms with Crippen molar-refractivity contribution in [2.45, 2.75) is 60.6 Å². The molecule has 3 atom stereocenters. The largest absolute Gasteiger partial charge is 0.383 e. The number of carbonyl (C=O) groups is 1. The number of fused-ring (bicyclic) bond motifs is 2. The van der Waals surface area contributed by atoms with Gasteiger partial charge in [-0.2, -0.15) is 0 Å². The van der Waals surface area contributed by atoms with Gasteiger partial charge in [0.2, 0.25) is 0 Å². The van der Waals surface area contributed by atoms with Gasteiger partial charge >= 0.3 is 5.69 Å². The van der Waals surface area contributed by atoms with Crippen LogP contribution in [0.3, 0.4) is 0 Å². The van der Waals surface area contributed by atoms with Gasteiger partial charge < -0.3 is 10.0 Å². The van der Waals surface area contributed by atoms with Gasteiger partial charge in [-0.05, 0) is 46.8 Å². The van der Waals surface area contributed by atoms with Crippen molar-refractivity contribution in [1.29, 1.82) is 0 Å². The minimum atomic E-state index is -0.979. The van der Waals surface area contributed by atoms with E-state index >= 15 is 0 Å². The van der Waals surface area contributed by atoms with Crippen LogP contribution in [0.1, 0.15) is 53.7 Å². The number of aryl methyl sites for hydroxylation is 1. The van der Waals surface area contributed by atoms with E-state index in [4.69, 9.17) is 4.98 Å².